The molecule has 0 saturated heterocycles. The van der Waals surface area contributed by atoms with Gasteiger partial charge in [-0.3, -0.25) is 0 Å². The first-order chi connectivity index (χ1) is 13.0. The summed E-state index contributed by atoms with van der Waals surface area (Å²) >= 11 is 12.4. The molecule has 2 aromatic rings. The van der Waals surface area contributed by atoms with Crippen molar-refractivity contribution in [2.75, 3.05) is 13.2 Å². The average Bonchev–Trinajstić information content (AvgIpc) is 2.65. The molecular formula is C20H24Cl2FNO3. The molecule has 0 aliphatic carbocycles. The van der Waals surface area contributed by atoms with Crippen LogP contribution in [0.5, 0.6) is 11.5 Å². The van der Waals surface area contributed by atoms with Crippen LogP contribution in [0.1, 0.15) is 31.4 Å². The van der Waals surface area contributed by atoms with Crippen molar-refractivity contribution in [1.82, 2.24) is 5.32 Å². The predicted molar refractivity (Wildman–Crippen MR) is 106 cm³/mol. The minimum atomic E-state index is -0.429. The molecule has 27 heavy (non-hydrogen) atoms. The molecule has 2 rings (SSSR count). The lowest BCUT2D eigenvalue weighted by molar-refractivity contribution is 0.238. The topological polar surface area (TPSA) is 50.7 Å². The third kappa shape index (κ3) is 5.98. The van der Waals surface area contributed by atoms with Crippen LogP contribution in [0.3, 0.4) is 0 Å². The molecule has 0 spiro atoms. The summed E-state index contributed by atoms with van der Waals surface area (Å²) < 4.78 is 25.3. The van der Waals surface area contributed by atoms with Gasteiger partial charge in [0, 0.05) is 29.2 Å². The number of nitrogens with one attached hydrogen (secondary N) is 1. The van der Waals surface area contributed by atoms with E-state index < -0.39 is 5.82 Å². The second-order valence-electron chi connectivity index (χ2n) is 5.98. The predicted octanol–water partition coefficient (Wildman–Crippen LogP) is 4.97. The first-order valence-corrected chi connectivity index (χ1v) is 9.60. The van der Waals surface area contributed by atoms with Gasteiger partial charge in [0.2, 0.25) is 0 Å². The first kappa shape index (κ1) is 21.8. The molecule has 0 bridgehead atoms. The van der Waals surface area contributed by atoms with Crippen molar-refractivity contribution in [3.8, 4) is 11.5 Å². The molecular weight excluding hydrogens is 392 g/mol. The summed E-state index contributed by atoms with van der Waals surface area (Å²) in [6, 6.07) is 7.93. The lowest BCUT2D eigenvalue weighted by Crippen LogP contribution is -2.31. The summed E-state index contributed by atoms with van der Waals surface area (Å²) in [7, 11) is 0. The number of rotatable bonds is 10. The van der Waals surface area contributed by atoms with Crippen molar-refractivity contribution in [3.63, 3.8) is 0 Å². The van der Waals surface area contributed by atoms with E-state index in [1.807, 2.05) is 13.8 Å². The van der Waals surface area contributed by atoms with E-state index in [9.17, 15) is 9.50 Å². The van der Waals surface area contributed by atoms with Crippen molar-refractivity contribution in [2.24, 2.45) is 0 Å². The largest absolute Gasteiger partial charge is 0.490 e. The van der Waals surface area contributed by atoms with Gasteiger partial charge in [0.1, 0.15) is 12.4 Å². The summed E-state index contributed by atoms with van der Waals surface area (Å²) in [6.45, 7) is 4.80. The molecule has 2 N–H and O–H groups in total. The average molecular weight is 416 g/mol. The molecule has 0 amide bonds. The molecule has 0 saturated carbocycles. The van der Waals surface area contributed by atoms with Gasteiger partial charge in [-0.25, -0.2) is 4.39 Å². The maximum Gasteiger partial charge on any atom is 0.163 e. The van der Waals surface area contributed by atoms with E-state index in [0.717, 1.165) is 12.0 Å². The Hall–Kier alpha value is -1.53. The van der Waals surface area contributed by atoms with Crippen LogP contribution in [0.2, 0.25) is 10.0 Å². The molecule has 1 unspecified atom stereocenters. The highest BCUT2D eigenvalue weighted by Crippen LogP contribution is 2.35. The van der Waals surface area contributed by atoms with Crippen molar-refractivity contribution in [2.45, 2.75) is 39.5 Å². The first-order valence-electron chi connectivity index (χ1n) is 8.85. The zero-order valence-corrected chi connectivity index (χ0v) is 16.9. The van der Waals surface area contributed by atoms with E-state index in [1.54, 1.807) is 24.3 Å². The van der Waals surface area contributed by atoms with Crippen LogP contribution in [-0.2, 0) is 13.2 Å². The van der Waals surface area contributed by atoms with Crippen LogP contribution < -0.4 is 14.8 Å². The summed E-state index contributed by atoms with van der Waals surface area (Å²) in [6.07, 6.45) is 0.803. The van der Waals surface area contributed by atoms with Gasteiger partial charge in [0.15, 0.2) is 11.5 Å². The highest BCUT2D eigenvalue weighted by Gasteiger charge is 2.14. The van der Waals surface area contributed by atoms with Gasteiger partial charge in [-0.1, -0.05) is 36.2 Å². The number of aliphatic hydroxyl groups is 1. The van der Waals surface area contributed by atoms with Crippen molar-refractivity contribution in [1.29, 1.82) is 0 Å². The van der Waals surface area contributed by atoms with Gasteiger partial charge in [-0.15, -0.1) is 0 Å². The number of benzene rings is 2. The van der Waals surface area contributed by atoms with E-state index in [-0.39, 0.29) is 24.8 Å². The quantitative estimate of drug-likeness (QED) is 0.574. The maximum absolute atomic E-state index is 13.9. The Morgan fingerprint density at radius 1 is 1.11 bits per heavy atom. The van der Waals surface area contributed by atoms with Gasteiger partial charge in [0.05, 0.1) is 18.2 Å². The van der Waals surface area contributed by atoms with Gasteiger partial charge in [0.25, 0.3) is 0 Å². The smallest absolute Gasteiger partial charge is 0.163 e. The van der Waals surface area contributed by atoms with Crippen molar-refractivity contribution in [3.05, 3.63) is 57.3 Å². The van der Waals surface area contributed by atoms with Crippen LogP contribution in [0.4, 0.5) is 4.39 Å². The third-order valence-electron chi connectivity index (χ3n) is 4.14. The third-order valence-corrected chi connectivity index (χ3v) is 4.85. The number of aliphatic hydroxyl groups excluding tert-OH is 1. The Kier molecular flexibility index (Phi) is 8.64. The minimum absolute atomic E-state index is 0.00395. The number of hydrogen-bond acceptors (Lipinski definition) is 4. The molecule has 0 aliphatic rings. The fourth-order valence-electron chi connectivity index (χ4n) is 2.51. The minimum Gasteiger partial charge on any atom is -0.490 e. The summed E-state index contributed by atoms with van der Waals surface area (Å²) in [5, 5.41) is 13.3. The monoisotopic (exact) mass is 415 g/mol. The lowest BCUT2D eigenvalue weighted by Gasteiger charge is -2.18. The normalized spacial score (nSPS) is 12.1. The molecule has 0 heterocycles. The second kappa shape index (κ2) is 10.7. The van der Waals surface area contributed by atoms with E-state index in [2.05, 4.69) is 5.32 Å². The zero-order valence-electron chi connectivity index (χ0n) is 15.4. The standard InChI is InChI=1S/C20H24Cl2FNO3/c1-3-14(11-25)24-10-13-8-19(26-4-2)20(9-17(13)22)27-12-15-16(21)6-5-7-18(15)23/h5-9,14,24-25H,3-4,10-12H2,1-2H3. The van der Waals surface area contributed by atoms with Gasteiger partial charge in [-0.05, 0) is 37.1 Å². The Morgan fingerprint density at radius 3 is 2.48 bits per heavy atom. The molecule has 0 fully saturated rings. The van der Waals surface area contributed by atoms with Crippen LogP contribution in [0.15, 0.2) is 30.3 Å². The molecule has 0 aromatic heterocycles. The van der Waals surface area contributed by atoms with Gasteiger partial charge in [-0.2, -0.15) is 0 Å². The van der Waals surface area contributed by atoms with E-state index >= 15 is 0 Å². The highest BCUT2D eigenvalue weighted by atomic mass is 35.5. The molecule has 148 valence electrons. The fraction of sp³-hybridized carbons (Fsp3) is 0.400. The van der Waals surface area contributed by atoms with Crippen molar-refractivity contribution < 1.29 is 19.0 Å². The Bertz CT molecular complexity index is 734. The Labute approximate surface area is 169 Å². The van der Waals surface area contributed by atoms with E-state index in [4.69, 9.17) is 32.7 Å². The maximum atomic E-state index is 13.9. The number of hydrogen-bond donors (Lipinski definition) is 2. The summed E-state index contributed by atoms with van der Waals surface area (Å²) in [5.74, 6) is 0.504. The lowest BCUT2D eigenvalue weighted by atomic mass is 10.1. The van der Waals surface area contributed by atoms with Gasteiger partial charge < -0.3 is 19.9 Å². The van der Waals surface area contributed by atoms with E-state index in [0.29, 0.717) is 34.7 Å². The molecule has 7 heteroatoms. The Balaban J connectivity index is 2.19. The van der Waals surface area contributed by atoms with Gasteiger partial charge >= 0.3 is 0 Å². The highest BCUT2D eigenvalue weighted by molar-refractivity contribution is 6.31. The molecule has 1 atom stereocenters. The zero-order chi connectivity index (χ0) is 19.8. The summed E-state index contributed by atoms with van der Waals surface area (Å²) in [4.78, 5) is 0. The molecule has 0 radical (unpaired) electrons. The van der Waals surface area contributed by atoms with Crippen molar-refractivity contribution >= 4 is 23.2 Å². The number of halogens is 3. The second-order valence-corrected chi connectivity index (χ2v) is 6.80. The van der Waals surface area contributed by atoms with Crippen LogP contribution in [0, 0.1) is 5.82 Å². The molecule has 0 aliphatic heterocycles. The SMILES string of the molecule is CCOc1cc(CNC(CC)CO)c(Cl)cc1OCc1c(F)cccc1Cl. The van der Waals surface area contributed by atoms with Crippen LogP contribution in [0.25, 0.3) is 0 Å². The van der Waals surface area contributed by atoms with E-state index in [1.165, 1.54) is 6.07 Å². The fourth-order valence-corrected chi connectivity index (χ4v) is 2.94. The summed E-state index contributed by atoms with van der Waals surface area (Å²) in [5.41, 5.74) is 1.10. The number of ether oxygens (including phenoxy) is 2. The van der Waals surface area contributed by atoms with Crippen LogP contribution >= 0.6 is 23.2 Å². The molecule has 2 aromatic carbocycles. The molecule has 4 nitrogen and oxygen atoms in total. The Morgan fingerprint density at radius 2 is 1.85 bits per heavy atom. The van der Waals surface area contributed by atoms with Crippen LogP contribution in [-0.4, -0.2) is 24.4 Å².